The molecular formula is C18H26N2O3. The highest BCUT2D eigenvalue weighted by atomic mass is 16.5. The minimum Gasteiger partial charge on any atom is -0.450 e. The molecule has 0 bridgehead atoms. The molecule has 1 aliphatic heterocycles. The third-order valence-electron chi connectivity index (χ3n) is 4.10. The molecule has 1 aliphatic rings. The van der Waals surface area contributed by atoms with E-state index in [-0.39, 0.29) is 18.0 Å². The largest absolute Gasteiger partial charge is 0.450 e. The van der Waals surface area contributed by atoms with Crippen LogP contribution in [0.1, 0.15) is 48.5 Å². The highest BCUT2D eigenvalue weighted by Crippen LogP contribution is 2.15. The fourth-order valence-corrected chi connectivity index (χ4v) is 2.71. The molecule has 0 radical (unpaired) electrons. The van der Waals surface area contributed by atoms with Gasteiger partial charge in [-0.25, -0.2) is 4.79 Å². The highest BCUT2D eigenvalue weighted by Gasteiger charge is 2.24. The van der Waals surface area contributed by atoms with Crippen LogP contribution < -0.4 is 5.32 Å². The van der Waals surface area contributed by atoms with E-state index in [1.807, 2.05) is 36.1 Å². The zero-order chi connectivity index (χ0) is 16.7. The van der Waals surface area contributed by atoms with Crippen molar-refractivity contribution < 1.29 is 14.3 Å². The van der Waals surface area contributed by atoms with Crippen LogP contribution in [-0.4, -0.2) is 42.6 Å². The Morgan fingerprint density at radius 3 is 2.70 bits per heavy atom. The minimum absolute atomic E-state index is 0.0673. The van der Waals surface area contributed by atoms with Crippen LogP contribution in [0.2, 0.25) is 0 Å². The first-order valence-corrected chi connectivity index (χ1v) is 8.39. The second-order valence-corrected chi connectivity index (χ2v) is 6.07. The van der Waals surface area contributed by atoms with Crippen LogP contribution in [0.3, 0.4) is 0 Å². The molecule has 0 spiro atoms. The van der Waals surface area contributed by atoms with Crippen LogP contribution in [0.25, 0.3) is 0 Å². The number of amides is 2. The van der Waals surface area contributed by atoms with E-state index in [1.165, 1.54) is 0 Å². The fraction of sp³-hybridized carbons (Fsp3) is 0.556. The Balaban J connectivity index is 1.77. The Kier molecular flexibility index (Phi) is 6.44. The molecule has 126 valence electrons. The van der Waals surface area contributed by atoms with Crippen molar-refractivity contribution in [3.63, 3.8) is 0 Å². The number of likely N-dealkylation sites (tertiary alicyclic amines) is 1. The van der Waals surface area contributed by atoms with Crippen LogP contribution in [0, 0.1) is 6.92 Å². The fourth-order valence-electron chi connectivity index (χ4n) is 2.71. The molecule has 0 aromatic heterocycles. The molecule has 1 aromatic carbocycles. The number of carbonyl (C=O) groups is 2. The van der Waals surface area contributed by atoms with E-state index < -0.39 is 0 Å². The molecule has 1 aromatic rings. The topological polar surface area (TPSA) is 58.6 Å². The number of nitrogens with one attached hydrogen (secondary N) is 1. The van der Waals surface area contributed by atoms with E-state index in [2.05, 4.69) is 12.2 Å². The maximum Gasteiger partial charge on any atom is 0.407 e. The Hall–Kier alpha value is -2.04. The van der Waals surface area contributed by atoms with E-state index in [1.54, 1.807) is 0 Å². The van der Waals surface area contributed by atoms with Gasteiger partial charge in [0.15, 0.2) is 0 Å². The van der Waals surface area contributed by atoms with Gasteiger partial charge in [0.2, 0.25) is 0 Å². The number of rotatable bonds is 5. The summed E-state index contributed by atoms with van der Waals surface area (Å²) in [6, 6.07) is 7.74. The quantitative estimate of drug-likeness (QED) is 0.849. The number of ether oxygens (including phenoxy) is 1. The van der Waals surface area contributed by atoms with E-state index >= 15 is 0 Å². The van der Waals surface area contributed by atoms with Crippen LogP contribution in [0.5, 0.6) is 0 Å². The molecule has 23 heavy (non-hydrogen) atoms. The molecule has 0 saturated carbocycles. The number of alkyl carbamates (subject to hydrolysis) is 1. The molecule has 2 amide bonds. The van der Waals surface area contributed by atoms with Gasteiger partial charge in [-0.15, -0.1) is 0 Å². The SMILES string of the molecule is CCCCOC(=O)NC1CCN(C(=O)c2cccc(C)c2)CC1. The molecular weight excluding hydrogens is 292 g/mol. The second-order valence-electron chi connectivity index (χ2n) is 6.07. The summed E-state index contributed by atoms with van der Waals surface area (Å²) in [5.74, 6) is 0.0673. The summed E-state index contributed by atoms with van der Waals surface area (Å²) in [6.45, 7) is 5.83. The van der Waals surface area contributed by atoms with Gasteiger partial charge in [-0.05, 0) is 38.3 Å². The lowest BCUT2D eigenvalue weighted by molar-refractivity contribution is 0.0701. The summed E-state index contributed by atoms with van der Waals surface area (Å²) in [5, 5.41) is 2.89. The van der Waals surface area contributed by atoms with Crippen molar-refractivity contribution in [1.29, 1.82) is 0 Å². The number of aryl methyl sites for hydroxylation is 1. The number of unbranched alkanes of at least 4 members (excludes halogenated alkanes) is 1. The normalized spacial score (nSPS) is 15.3. The summed E-state index contributed by atoms with van der Waals surface area (Å²) in [5.41, 5.74) is 1.82. The lowest BCUT2D eigenvalue weighted by Gasteiger charge is -2.32. The monoisotopic (exact) mass is 318 g/mol. The molecule has 5 nitrogen and oxygen atoms in total. The lowest BCUT2D eigenvalue weighted by Crippen LogP contribution is -2.46. The average Bonchev–Trinajstić information content (AvgIpc) is 2.55. The van der Waals surface area contributed by atoms with Gasteiger partial charge >= 0.3 is 6.09 Å². The lowest BCUT2D eigenvalue weighted by atomic mass is 10.0. The first-order valence-electron chi connectivity index (χ1n) is 8.39. The van der Waals surface area contributed by atoms with Crippen LogP contribution in [0.15, 0.2) is 24.3 Å². The number of hydrogen-bond donors (Lipinski definition) is 1. The third kappa shape index (κ3) is 5.27. The van der Waals surface area contributed by atoms with Gasteiger partial charge in [-0.2, -0.15) is 0 Å². The van der Waals surface area contributed by atoms with E-state index in [4.69, 9.17) is 4.74 Å². The van der Waals surface area contributed by atoms with Gasteiger partial charge in [0.05, 0.1) is 6.61 Å². The summed E-state index contributed by atoms with van der Waals surface area (Å²) >= 11 is 0. The highest BCUT2D eigenvalue weighted by molar-refractivity contribution is 5.94. The predicted octanol–water partition coefficient (Wildman–Crippen LogP) is 3.13. The van der Waals surface area contributed by atoms with Crippen LogP contribution in [-0.2, 0) is 4.74 Å². The molecule has 1 N–H and O–H groups in total. The molecule has 1 saturated heterocycles. The zero-order valence-corrected chi connectivity index (χ0v) is 14.0. The van der Waals surface area contributed by atoms with E-state index in [0.29, 0.717) is 19.7 Å². The minimum atomic E-state index is -0.345. The Morgan fingerprint density at radius 2 is 2.04 bits per heavy atom. The van der Waals surface area contributed by atoms with Gasteiger partial charge < -0.3 is 15.0 Å². The predicted molar refractivity (Wildman–Crippen MR) is 89.5 cm³/mol. The molecule has 0 aliphatic carbocycles. The number of nitrogens with zero attached hydrogens (tertiary/aromatic N) is 1. The maximum absolute atomic E-state index is 12.5. The molecule has 1 fully saturated rings. The number of carbonyl (C=O) groups excluding carboxylic acids is 2. The van der Waals surface area contributed by atoms with E-state index in [0.717, 1.165) is 36.8 Å². The first-order chi connectivity index (χ1) is 11.1. The van der Waals surface area contributed by atoms with Gasteiger partial charge in [-0.1, -0.05) is 31.0 Å². The van der Waals surface area contributed by atoms with Gasteiger partial charge in [0.25, 0.3) is 5.91 Å². The second kappa shape index (κ2) is 8.56. The van der Waals surface area contributed by atoms with Crippen LogP contribution >= 0.6 is 0 Å². The maximum atomic E-state index is 12.5. The summed E-state index contributed by atoms with van der Waals surface area (Å²) in [4.78, 5) is 26.0. The van der Waals surface area contributed by atoms with Crippen molar-refractivity contribution >= 4 is 12.0 Å². The summed E-state index contributed by atoms with van der Waals surface area (Å²) in [6.07, 6.45) is 3.08. The standard InChI is InChI=1S/C18H26N2O3/c1-3-4-12-23-18(22)19-16-8-10-20(11-9-16)17(21)15-7-5-6-14(2)13-15/h5-7,13,16H,3-4,8-12H2,1-2H3,(H,19,22). The zero-order valence-electron chi connectivity index (χ0n) is 14.0. The number of benzene rings is 1. The first kappa shape index (κ1) is 17.3. The molecule has 0 atom stereocenters. The van der Waals surface area contributed by atoms with Gasteiger partial charge in [0, 0.05) is 24.7 Å². The molecule has 0 unspecified atom stereocenters. The van der Waals surface area contributed by atoms with Crippen molar-refractivity contribution in [2.75, 3.05) is 19.7 Å². The average molecular weight is 318 g/mol. The van der Waals surface area contributed by atoms with Crippen molar-refractivity contribution in [3.05, 3.63) is 35.4 Å². The van der Waals surface area contributed by atoms with Gasteiger partial charge in [0.1, 0.15) is 0 Å². The Morgan fingerprint density at radius 1 is 1.30 bits per heavy atom. The molecule has 1 heterocycles. The van der Waals surface area contributed by atoms with E-state index in [9.17, 15) is 9.59 Å². The Labute approximate surface area is 138 Å². The Bertz CT molecular complexity index is 537. The smallest absolute Gasteiger partial charge is 0.407 e. The van der Waals surface area contributed by atoms with Crippen molar-refractivity contribution in [1.82, 2.24) is 10.2 Å². The van der Waals surface area contributed by atoms with Gasteiger partial charge in [-0.3, -0.25) is 4.79 Å². The molecule has 2 rings (SSSR count). The van der Waals surface area contributed by atoms with Crippen molar-refractivity contribution in [3.8, 4) is 0 Å². The van der Waals surface area contributed by atoms with Crippen molar-refractivity contribution in [2.45, 2.75) is 45.6 Å². The summed E-state index contributed by atoms with van der Waals surface area (Å²) < 4.78 is 5.11. The number of piperidine rings is 1. The van der Waals surface area contributed by atoms with Crippen LogP contribution in [0.4, 0.5) is 4.79 Å². The third-order valence-corrected chi connectivity index (χ3v) is 4.10. The van der Waals surface area contributed by atoms with Crippen molar-refractivity contribution in [2.24, 2.45) is 0 Å². The molecule has 5 heteroatoms. The summed E-state index contributed by atoms with van der Waals surface area (Å²) in [7, 11) is 0. The number of hydrogen-bond acceptors (Lipinski definition) is 3.